The number of carbonyl (C=O) groups is 1. The Morgan fingerprint density at radius 3 is 2.31 bits per heavy atom. The zero-order chi connectivity index (χ0) is 22.7. The van der Waals surface area contributed by atoms with Crippen molar-refractivity contribution in [3.63, 3.8) is 0 Å². The van der Waals surface area contributed by atoms with E-state index in [9.17, 15) is 19.4 Å². The van der Waals surface area contributed by atoms with Crippen molar-refractivity contribution in [3.8, 4) is 11.1 Å². The number of aliphatic hydroxyl groups is 2. The second-order valence-electron chi connectivity index (χ2n) is 7.86. The number of fused-ring (bicyclic) bond motifs is 3. The predicted octanol–water partition coefficient (Wildman–Crippen LogP) is 3.85. The summed E-state index contributed by atoms with van der Waals surface area (Å²) in [5.74, 6) is -0.681. The summed E-state index contributed by atoms with van der Waals surface area (Å²) >= 11 is 0. The van der Waals surface area contributed by atoms with Gasteiger partial charge in [-0.05, 0) is 47.7 Å². The zero-order valence-electron chi connectivity index (χ0n) is 17.7. The number of nitrogens with one attached hydrogen (secondary N) is 1. The second kappa shape index (κ2) is 9.46. The Bertz CT molecular complexity index is 1080. The number of carbonyl (C=O) groups excluding carboxylic acids is 1. The molecule has 0 aliphatic heterocycles. The molecule has 0 saturated carbocycles. The third-order valence-corrected chi connectivity index (χ3v) is 5.83. The van der Waals surface area contributed by atoms with Crippen molar-refractivity contribution >= 4 is 6.09 Å². The van der Waals surface area contributed by atoms with Gasteiger partial charge in [-0.15, -0.1) is 0 Å². The van der Waals surface area contributed by atoms with Gasteiger partial charge in [0.2, 0.25) is 5.95 Å². The average Bonchev–Trinajstić information content (AvgIpc) is 3.11. The number of ether oxygens (including phenoxy) is 1. The lowest BCUT2D eigenvalue weighted by Crippen LogP contribution is -2.31. The number of halogens is 1. The van der Waals surface area contributed by atoms with Crippen LogP contribution in [0, 0.1) is 12.9 Å². The van der Waals surface area contributed by atoms with E-state index in [0.29, 0.717) is 11.3 Å². The first-order valence-electron chi connectivity index (χ1n) is 10.5. The van der Waals surface area contributed by atoms with Gasteiger partial charge in [-0.1, -0.05) is 48.5 Å². The Kier molecular flexibility index (Phi) is 6.48. The Balaban J connectivity index is 1.29. The van der Waals surface area contributed by atoms with Crippen molar-refractivity contribution in [1.82, 2.24) is 10.3 Å². The number of aromatic nitrogens is 1. The van der Waals surface area contributed by atoms with Gasteiger partial charge in [-0.2, -0.15) is 4.39 Å². The second-order valence-corrected chi connectivity index (χ2v) is 7.86. The molecular formula is C25H25FN2O4. The first kappa shape index (κ1) is 21.9. The fraction of sp³-hybridized carbons (Fsp3) is 0.280. The van der Waals surface area contributed by atoms with Crippen molar-refractivity contribution < 1.29 is 24.1 Å². The van der Waals surface area contributed by atoms with E-state index in [4.69, 9.17) is 4.74 Å². The maximum atomic E-state index is 13.1. The van der Waals surface area contributed by atoms with Gasteiger partial charge in [0.25, 0.3) is 0 Å². The van der Waals surface area contributed by atoms with E-state index in [1.807, 2.05) is 36.4 Å². The van der Waals surface area contributed by atoms with Crippen LogP contribution in [0.3, 0.4) is 0 Å². The molecule has 1 aromatic heterocycles. The quantitative estimate of drug-likeness (QED) is 0.490. The molecule has 7 heteroatoms. The number of benzene rings is 2. The SMILES string of the molecule is Cc1nc(F)ccc1C(O)C(O)CCNC(=O)OCC1c2ccccc2-c2ccccc21. The maximum absolute atomic E-state index is 13.1. The van der Waals surface area contributed by atoms with Crippen LogP contribution in [0.25, 0.3) is 11.1 Å². The molecule has 32 heavy (non-hydrogen) atoms. The van der Waals surface area contributed by atoms with Crippen LogP contribution in [0.1, 0.15) is 40.8 Å². The molecule has 0 radical (unpaired) electrons. The highest BCUT2D eigenvalue weighted by Crippen LogP contribution is 2.44. The van der Waals surface area contributed by atoms with Crippen LogP contribution in [0.5, 0.6) is 0 Å². The molecule has 3 aromatic rings. The Hall–Kier alpha value is -3.29. The van der Waals surface area contributed by atoms with Gasteiger partial charge in [-0.3, -0.25) is 0 Å². The number of aryl methyl sites for hydroxylation is 1. The van der Waals surface area contributed by atoms with Crippen LogP contribution in [0.2, 0.25) is 0 Å². The number of rotatable bonds is 7. The molecule has 1 aliphatic rings. The van der Waals surface area contributed by atoms with Crippen LogP contribution in [-0.2, 0) is 4.74 Å². The van der Waals surface area contributed by atoms with Gasteiger partial charge >= 0.3 is 6.09 Å². The average molecular weight is 436 g/mol. The molecule has 0 bridgehead atoms. The standard InChI is InChI=1S/C25H25FN2O4/c1-15-16(10-11-23(26)28-15)24(30)22(29)12-13-27-25(31)32-14-21-19-8-4-2-6-17(19)18-7-3-5-9-20(18)21/h2-11,21-22,24,29-30H,12-14H2,1H3,(H,27,31). The number of hydrogen-bond acceptors (Lipinski definition) is 5. The molecular weight excluding hydrogens is 411 g/mol. The summed E-state index contributed by atoms with van der Waals surface area (Å²) in [7, 11) is 0. The lowest BCUT2D eigenvalue weighted by Gasteiger charge is -2.20. The summed E-state index contributed by atoms with van der Waals surface area (Å²) < 4.78 is 18.6. The number of aliphatic hydroxyl groups excluding tert-OH is 2. The fourth-order valence-corrected chi connectivity index (χ4v) is 4.19. The maximum Gasteiger partial charge on any atom is 0.407 e. The van der Waals surface area contributed by atoms with E-state index < -0.39 is 24.2 Å². The van der Waals surface area contributed by atoms with Crippen molar-refractivity contribution in [2.75, 3.05) is 13.2 Å². The van der Waals surface area contributed by atoms with Crippen LogP contribution in [-0.4, -0.2) is 40.5 Å². The van der Waals surface area contributed by atoms with E-state index in [1.165, 1.54) is 6.07 Å². The summed E-state index contributed by atoms with van der Waals surface area (Å²) in [6.07, 6.45) is -2.86. The number of alkyl carbamates (subject to hydrolysis) is 1. The van der Waals surface area contributed by atoms with Crippen molar-refractivity contribution in [2.24, 2.45) is 0 Å². The van der Waals surface area contributed by atoms with E-state index in [0.717, 1.165) is 28.3 Å². The molecule has 2 atom stereocenters. The Morgan fingerprint density at radius 1 is 1.06 bits per heavy atom. The molecule has 0 saturated heterocycles. The molecule has 1 aliphatic carbocycles. The first-order valence-corrected chi connectivity index (χ1v) is 10.5. The molecule has 2 unspecified atom stereocenters. The highest BCUT2D eigenvalue weighted by Gasteiger charge is 2.29. The van der Waals surface area contributed by atoms with E-state index in [-0.39, 0.29) is 25.5 Å². The van der Waals surface area contributed by atoms with Gasteiger partial charge in [0.1, 0.15) is 12.7 Å². The summed E-state index contributed by atoms with van der Waals surface area (Å²) in [6, 6.07) is 18.7. The fourth-order valence-electron chi connectivity index (χ4n) is 4.19. The van der Waals surface area contributed by atoms with Crippen molar-refractivity contribution in [2.45, 2.75) is 31.5 Å². The predicted molar refractivity (Wildman–Crippen MR) is 118 cm³/mol. The molecule has 4 rings (SSSR count). The van der Waals surface area contributed by atoms with Crippen molar-refractivity contribution in [3.05, 3.63) is 89.0 Å². The van der Waals surface area contributed by atoms with E-state index in [1.54, 1.807) is 6.92 Å². The van der Waals surface area contributed by atoms with Crippen LogP contribution >= 0.6 is 0 Å². The van der Waals surface area contributed by atoms with Gasteiger partial charge in [0, 0.05) is 23.7 Å². The summed E-state index contributed by atoms with van der Waals surface area (Å²) in [5.41, 5.74) is 5.22. The van der Waals surface area contributed by atoms with Gasteiger partial charge in [0.05, 0.1) is 6.10 Å². The van der Waals surface area contributed by atoms with E-state index in [2.05, 4.69) is 22.4 Å². The lowest BCUT2D eigenvalue weighted by molar-refractivity contribution is 0.0130. The zero-order valence-corrected chi connectivity index (χ0v) is 17.7. The summed E-state index contributed by atoms with van der Waals surface area (Å²) in [6.45, 7) is 1.87. The Morgan fingerprint density at radius 2 is 1.69 bits per heavy atom. The third kappa shape index (κ3) is 4.49. The highest BCUT2D eigenvalue weighted by molar-refractivity contribution is 5.79. The molecule has 0 fully saturated rings. The lowest BCUT2D eigenvalue weighted by atomic mass is 9.98. The molecule has 166 valence electrons. The minimum Gasteiger partial charge on any atom is -0.449 e. The number of amides is 1. The molecule has 1 amide bonds. The largest absolute Gasteiger partial charge is 0.449 e. The number of hydrogen-bond donors (Lipinski definition) is 3. The van der Waals surface area contributed by atoms with Gasteiger partial charge in [0.15, 0.2) is 0 Å². The van der Waals surface area contributed by atoms with Gasteiger partial charge < -0.3 is 20.3 Å². The molecule has 1 heterocycles. The number of pyridine rings is 1. The topological polar surface area (TPSA) is 91.7 Å². The van der Waals surface area contributed by atoms with Crippen LogP contribution < -0.4 is 5.32 Å². The highest BCUT2D eigenvalue weighted by atomic mass is 19.1. The molecule has 6 nitrogen and oxygen atoms in total. The van der Waals surface area contributed by atoms with Crippen LogP contribution in [0.15, 0.2) is 60.7 Å². The minimum atomic E-state index is -1.23. The summed E-state index contributed by atoms with van der Waals surface area (Å²) in [5, 5.41) is 23.1. The molecule has 2 aromatic carbocycles. The van der Waals surface area contributed by atoms with Gasteiger partial charge in [-0.25, -0.2) is 9.78 Å². The molecule has 0 spiro atoms. The monoisotopic (exact) mass is 436 g/mol. The molecule has 3 N–H and O–H groups in total. The van der Waals surface area contributed by atoms with Crippen molar-refractivity contribution in [1.29, 1.82) is 0 Å². The normalized spacial score (nSPS) is 14.4. The third-order valence-electron chi connectivity index (χ3n) is 5.83. The van der Waals surface area contributed by atoms with Crippen LogP contribution in [0.4, 0.5) is 9.18 Å². The first-order chi connectivity index (χ1) is 15.5. The minimum absolute atomic E-state index is 0.0329. The Labute approximate surface area is 185 Å². The smallest absolute Gasteiger partial charge is 0.407 e. The summed E-state index contributed by atoms with van der Waals surface area (Å²) in [4.78, 5) is 15.9. The van der Waals surface area contributed by atoms with E-state index >= 15 is 0 Å². The number of nitrogens with zero attached hydrogens (tertiary/aromatic N) is 1.